The highest BCUT2D eigenvalue weighted by molar-refractivity contribution is 7.44. The van der Waals surface area contributed by atoms with Gasteiger partial charge < -0.3 is 60.5 Å². The highest BCUT2D eigenvalue weighted by atomic mass is 31.2. The second-order valence-electron chi connectivity index (χ2n) is 7.00. The van der Waals surface area contributed by atoms with Crippen molar-refractivity contribution in [3.63, 3.8) is 0 Å². The Morgan fingerprint density at radius 3 is 2.47 bits per heavy atom. The van der Waals surface area contributed by atoms with Crippen LogP contribution in [0.25, 0.3) is 0 Å². The Morgan fingerprint density at radius 2 is 1.94 bits per heavy atom. The smallest absolute Gasteiger partial charge is 0.292 e. The molecular weight excluding hydrogens is 453 g/mol. The number of phosphoric ester groups is 1. The van der Waals surface area contributed by atoms with Crippen LogP contribution in [0.15, 0.2) is 24.5 Å². The molecule has 32 heavy (non-hydrogen) atoms. The van der Waals surface area contributed by atoms with Gasteiger partial charge in [0.05, 0.1) is 30.7 Å². The molecule has 2 rings (SSSR count). The van der Waals surface area contributed by atoms with Crippen molar-refractivity contribution in [1.29, 1.82) is 0 Å². The third-order valence-corrected chi connectivity index (χ3v) is 4.95. The number of aromatic nitrogens is 1. The predicted molar refractivity (Wildman–Crippen MR) is 96.0 cm³/mol. The van der Waals surface area contributed by atoms with E-state index in [0.29, 0.717) is 6.42 Å². The summed E-state index contributed by atoms with van der Waals surface area (Å²) in [6, 6.07) is 2.09. The van der Waals surface area contributed by atoms with Gasteiger partial charge in [0.1, 0.15) is 18.2 Å². The number of carbonyl (C=O) groups excluding carboxylic acids is 2. The summed E-state index contributed by atoms with van der Waals surface area (Å²) in [5.74, 6) is -2.49. The number of ether oxygens (including phenoxy) is 1. The Kier molecular flexibility index (Phi) is 11.3. The molecule has 6 atom stereocenters. The largest absolute Gasteiger partial charge is 0.756 e. The number of phosphoric acid groups is 1. The number of carbonyl (C=O) groups is 2. The summed E-state index contributed by atoms with van der Waals surface area (Å²) in [5, 5.41) is 40.6. The number of aliphatic hydroxyl groups excluding tert-OH is 2. The molecule has 1 fully saturated rings. The zero-order valence-corrected chi connectivity index (χ0v) is 18.0. The lowest BCUT2D eigenvalue weighted by Crippen LogP contribution is -2.68. The van der Waals surface area contributed by atoms with Crippen molar-refractivity contribution in [3.8, 4) is 0 Å². The Hall–Kier alpha value is -2.00. The molecule has 1 aliphatic heterocycles. The minimum atomic E-state index is -4.99. The van der Waals surface area contributed by atoms with Crippen molar-refractivity contribution in [2.45, 2.75) is 49.8 Å². The normalized spacial score (nSPS) is 25.3. The number of hydrogen-bond acceptors (Lipinski definition) is 10. The molecule has 0 aromatic carbocycles. The first kappa shape index (κ1) is 28.0. The van der Waals surface area contributed by atoms with E-state index in [1.54, 1.807) is 0 Å². The Bertz CT molecular complexity index is 806. The van der Waals surface area contributed by atoms with E-state index in [4.69, 9.17) is 9.63 Å². The van der Waals surface area contributed by atoms with E-state index < -0.39 is 56.9 Å². The molecule has 1 aliphatic rings. The van der Waals surface area contributed by atoms with E-state index in [-0.39, 0.29) is 5.56 Å². The first-order chi connectivity index (χ1) is 14.9. The number of quaternary nitrogens is 2. The average Bonchev–Trinajstić information content (AvgIpc) is 3.01. The maximum absolute atomic E-state index is 10.8. The summed E-state index contributed by atoms with van der Waals surface area (Å²) >= 11 is 0. The molecule has 0 amide bonds. The molecule has 0 radical (unpaired) electrons. The minimum Gasteiger partial charge on any atom is -0.756 e. The van der Waals surface area contributed by atoms with Gasteiger partial charge in [-0.25, -0.2) is 0 Å². The van der Waals surface area contributed by atoms with Gasteiger partial charge in [0.15, 0.2) is 18.5 Å². The number of carboxylic acid groups (broad SMARTS) is 2. The average molecular weight is 481 g/mol. The summed E-state index contributed by atoms with van der Waals surface area (Å²) in [5.41, 5.74) is 6.90. The van der Waals surface area contributed by atoms with Crippen LogP contribution >= 0.6 is 7.82 Å². The fourth-order valence-corrected chi connectivity index (χ4v) is 3.07. The van der Waals surface area contributed by atoms with Gasteiger partial charge in [-0.15, -0.1) is 0 Å². The zero-order valence-electron chi connectivity index (χ0n) is 17.1. The van der Waals surface area contributed by atoms with Crippen molar-refractivity contribution < 1.29 is 69.7 Å². The van der Waals surface area contributed by atoms with Gasteiger partial charge in [-0.05, 0) is 18.9 Å². The number of carboxylic acids is 2. The zero-order chi connectivity index (χ0) is 24.5. The summed E-state index contributed by atoms with van der Waals surface area (Å²) in [7, 11) is -4.99. The van der Waals surface area contributed by atoms with Crippen LogP contribution in [0, 0.1) is 0 Å². The lowest BCUT2D eigenvalue weighted by atomic mass is 10.1. The van der Waals surface area contributed by atoms with Crippen LogP contribution < -0.4 is 31.1 Å². The van der Waals surface area contributed by atoms with Gasteiger partial charge in [-0.3, -0.25) is 4.57 Å². The maximum Gasteiger partial charge on any atom is 0.292 e. The molecule has 0 spiro atoms. The molecule has 2 heterocycles. The van der Waals surface area contributed by atoms with Crippen molar-refractivity contribution in [3.05, 3.63) is 30.1 Å². The number of pyridine rings is 1. The van der Waals surface area contributed by atoms with Crippen LogP contribution in [-0.4, -0.2) is 64.6 Å². The summed E-state index contributed by atoms with van der Waals surface area (Å²) < 4.78 is 21.1. The van der Waals surface area contributed by atoms with Crippen LogP contribution in [-0.2, 0) is 18.6 Å². The number of aliphatic carboxylic acids is 1. The van der Waals surface area contributed by atoms with Crippen molar-refractivity contribution >= 4 is 19.8 Å². The summed E-state index contributed by atoms with van der Waals surface area (Å²) in [6.45, 7) is 0.159. The standard InChI is InChI=1S/C11H14NO9P.C6H14N2O2/c13-8-7(5-20-22(17,18)19)21-10(9(8)14)12-3-1-2-6(4-12)11(15)16;7-4-2-1-3-5(8)6(9)10/h1-4,7-10,13-14H,5H2,(H2-,15,16,17,18,19);5H,1-4,7-8H2,(H,9,10)/t7-,8-,9-,10-;5-/m10/s1. The molecule has 1 saturated heterocycles. The minimum absolute atomic E-state index is 0.174. The lowest BCUT2D eigenvalue weighted by molar-refractivity contribution is -0.765. The fourth-order valence-electron chi connectivity index (χ4n) is 2.74. The third-order valence-electron chi connectivity index (χ3n) is 4.48. The van der Waals surface area contributed by atoms with Crippen LogP contribution in [0.3, 0.4) is 0 Å². The number of aromatic carboxylic acids is 1. The van der Waals surface area contributed by atoms with Crippen molar-refractivity contribution in [1.82, 2.24) is 0 Å². The van der Waals surface area contributed by atoms with E-state index in [2.05, 4.69) is 16.0 Å². The van der Waals surface area contributed by atoms with Gasteiger partial charge >= 0.3 is 0 Å². The van der Waals surface area contributed by atoms with Crippen LogP contribution in [0.2, 0.25) is 0 Å². The number of unbranched alkanes of at least 4 members (excludes halogenated alkanes) is 1. The lowest BCUT2D eigenvalue weighted by Gasteiger charge is -2.19. The molecule has 1 aromatic heterocycles. The molecule has 1 aromatic rings. The predicted octanol–water partition coefficient (Wildman–Crippen LogP) is -6.81. The molecule has 0 saturated carbocycles. The molecule has 15 heteroatoms. The van der Waals surface area contributed by atoms with Crippen molar-refractivity contribution in [2.24, 2.45) is 0 Å². The SMILES string of the molecule is O=C([O-])c1ccc[n+]([C@@H]2O[C@H](COP(=O)([O-])O)[C@@H](O)[C@H]2O)c1.[NH3+]CCCC[C@H]([NH3+])C(=O)[O-]. The highest BCUT2D eigenvalue weighted by Gasteiger charge is 2.48. The summed E-state index contributed by atoms with van der Waals surface area (Å²) in [6.07, 6.45) is -0.356. The van der Waals surface area contributed by atoms with E-state index in [9.17, 15) is 39.5 Å². The monoisotopic (exact) mass is 481 g/mol. The van der Waals surface area contributed by atoms with E-state index in [1.807, 2.05) is 0 Å². The van der Waals surface area contributed by atoms with Crippen LogP contribution in [0.5, 0.6) is 0 Å². The second-order valence-corrected chi connectivity index (χ2v) is 8.20. The van der Waals surface area contributed by atoms with Gasteiger partial charge in [0, 0.05) is 12.5 Å². The van der Waals surface area contributed by atoms with E-state index >= 15 is 0 Å². The van der Waals surface area contributed by atoms with Gasteiger partial charge in [0.2, 0.25) is 0 Å². The number of rotatable bonds is 10. The third kappa shape index (κ3) is 9.24. The Balaban J connectivity index is 0.000000433. The number of nitrogens with zero attached hydrogens (tertiary/aromatic N) is 1. The Labute approximate surface area is 183 Å². The van der Waals surface area contributed by atoms with Crippen molar-refractivity contribution in [2.75, 3.05) is 13.2 Å². The van der Waals surface area contributed by atoms with Crippen LogP contribution in [0.4, 0.5) is 0 Å². The van der Waals surface area contributed by atoms with Gasteiger partial charge in [0.25, 0.3) is 14.1 Å². The van der Waals surface area contributed by atoms with Crippen LogP contribution in [0.1, 0.15) is 35.8 Å². The second kappa shape index (κ2) is 12.9. The van der Waals surface area contributed by atoms with E-state index in [1.165, 1.54) is 22.9 Å². The maximum atomic E-state index is 10.8. The topological polar surface area (TPSA) is 259 Å². The van der Waals surface area contributed by atoms with Gasteiger partial charge in [-0.1, -0.05) is 0 Å². The molecule has 0 bridgehead atoms. The number of hydrogen-bond donors (Lipinski definition) is 5. The molecule has 0 aliphatic carbocycles. The molecule has 9 N–H and O–H groups in total. The fraction of sp³-hybridized carbons (Fsp3) is 0.588. The first-order valence-electron chi connectivity index (χ1n) is 9.62. The molecule has 182 valence electrons. The highest BCUT2D eigenvalue weighted by Crippen LogP contribution is 2.33. The Morgan fingerprint density at radius 1 is 1.28 bits per heavy atom. The number of aliphatic hydroxyl groups is 2. The first-order valence-corrected chi connectivity index (χ1v) is 11.1. The van der Waals surface area contributed by atoms with E-state index in [0.717, 1.165) is 25.6 Å². The molecule has 1 unspecified atom stereocenters. The molecular formula is C17H28N3O11P. The van der Waals surface area contributed by atoms with Gasteiger partial charge in [-0.2, -0.15) is 4.57 Å². The quantitative estimate of drug-likeness (QED) is 0.119. The molecule has 14 nitrogen and oxygen atoms in total. The summed E-state index contributed by atoms with van der Waals surface area (Å²) in [4.78, 5) is 39.9.